The van der Waals surface area contributed by atoms with E-state index in [2.05, 4.69) is 17.6 Å². The quantitative estimate of drug-likeness (QED) is 0.658. The summed E-state index contributed by atoms with van der Waals surface area (Å²) in [7, 11) is 1.31. The number of anilines is 1. The summed E-state index contributed by atoms with van der Waals surface area (Å²) in [4.78, 5) is 29.1. The number of pyridine rings is 1. The van der Waals surface area contributed by atoms with E-state index >= 15 is 0 Å². The molecule has 1 aromatic heterocycles. The van der Waals surface area contributed by atoms with Gasteiger partial charge in [0.2, 0.25) is 5.91 Å². The summed E-state index contributed by atoms with van der Waals surface area (Å²) in [6.07, 6.45) is 3.44. The van der Waals surface area contributed by atoms with E-state index in [1.54, 1.807) is 17.2 Å². The fourth-order valence-corrected chi connectivity index (χ4v) is 2.27. The molecule has 96 valence electrons. The zero-order chi connectivity index (χ0) is 13.1. The summed E-state index contributed by atoms with van der Waals surface area (Å²) < 4.78 is 4.69. The molecule has 2 heterocycles. The number of ether oxygens (including phenoxy) is 1. The van der Waals surface area contributed by atoms with Gasteiger partial charge in [0.1, 0.15) is 5.56 Å². The van der Waals surface area contributed by atoms with Crippen LogP contribution in [0.3, 0.4) is 0 Å². The molecule has 1 unspecified atom stereocenters. The SMILES string of the molecule is COC(=O)c1cnccc1N1CC(CS)CC1=O. The molecule has 6 heteroatoms. The van der Waals surface area contributed by atoms with Crippen LogP contribution in [0.2, 0.25) is 0 Å². The van der Waals surface area contributed by atoms with Crippen molar-refractivity contribution in [2.24, 2.45) is 5.92 Å². The molecule has 5 nitrogen and oxygen atoms in total. The number of hydrogen-bond donors (Lipinski definition) is 1. The number of methoxy groups -OCH3 is 1. The first kappa shape index (κ1) is 12.9. The summed E-state index contributed by atoms with van der Waals surface area (Å²) in [5, 5.41) is 0. The molecular weight excluding hydrogens is 252 g/mol. The van der Waals surface area contributed by atoms with Crippen molar-refractivity contribution in [1.82, 2.24) is 4.98 Å². The maximum Gasteiger partial charge on any atom is 0.341 e. The monoisotopic (exact) mass is 266 g/mol. The summed E-state index contributed by atoms with van der Waals surface area (Å²) in [5.41, 5.74) is 0.874. The lowest BCUT2D eigenvalue weighted by molar-refractivity contribution is -0.117. The predicted octanol–water partition coefficient (Wildman–Crippen LogP) is 1.15. The van der Waals surface area contributed by atoms with Crippen LogP contribution in [0, 0.1) is 5.92 Å². The zero-order valence-electron chi connectivity index (χ0n) is 10.00. The molecule has 1 aromatic rings. The third-order valence-corrected chi connectivity index (χ3v) is 3.47. The van der Waals surface area contributed by atoms with E-state index in [0.29, 0.717) is 30.0 Å². The largest absolute Gasteiger partial charge is 0.465 e. The second-order valence-corrected chi connectivity index (χ2v) is 4.51. The standard InChI is InChI=1S/C12H14N2O3S/c1-17-12(16)9-5-13-3-2-10(9)14-6-8(7-18)4-11(14)15/h2-3,5,8,18H,4,6-7H2,1H3. The molecular formula is C12H14N2O3S. The second kappa shape index (κ2) is 5.39. The Morgan fingerprint density at radius 1 is 1.67 bits per heavy atom. The fraction of sp³-hybridized carbons (Fsp3) is 0.417. The van der Waals surface area contributed by atoms with Crippen molar-refractivity contribution in [2.45, 2.75) is 6.42 Å². The molecule has 0 saturated carbocycles. The van der Waals surface area contributed by atoms with E-state index in [0.717, 1.165) is 0 Å². The van der Waals surface area contributed by atoms with Gasteiger partial charge in [-0.05, 0) is 17.7 Å². The smallest absolute Gasteiger partial charge is 0.341 e. The number of thiol groups is 1. The van der Waals surface area contributed by atoms with E-state index in [1.807, 2.05) is 0 Å². The Balaban J connectivity index is 2.34. The molecule has 1 aliphatic heterocycles. The predicted molar refractivity (Wildman–Crippen MR) is 69.9 cm³/mol. The number of aromatic nitrogens is 1. The Labute approximate surface area is 111 Å². The minimum absolute atomic E-state index is 0.00500. The van der Waals surface area contributed by atoms with Crippen molar-refractivity contribution in [3.05, 3.63) is 24.0 Å². The van der Waals surface area contributed by atoms with Crippen molar-refractivity contribution in [2.75, 3.05) is 24.3 Å². The number of nitrogens with zero attached hydrogens (tertiary/aromatic N) is 2. The molecule has 18 heavy (non-hydrogen) atoms. The Morgan fingerprint density at radius 3 is 3.06 bits per heavy atom. The van der Waals surface area contributed by atoms with Gasteiger partial charge in [0.15, 0.2) is 0 Å². The van der Waals surface area contributed by atoms with Crippen molar-refractivity contribution in [3.63, 3.8) is 0 Å². The van der Waals surface area contributed by atoms with Gasteiger partial charge in [0.05, 0.1) is 12.8 Å². The molecule has 1 atom stereocenters. The topological polar surface area (TPSA) is 59.5 Å². The molecule has 0 spiro atoms. The number of carbonyl (C=O) groups excluding carboxylic acids is 2. The molecule has 0 radical (unpaired) electrons. The van der Waals surface area contributed by atoms with Crippen LogP contribution in [0.4, 0.5) is 5.69 Å². The summed E-state index contributed by atoms with van der Waals surface area (Å²) >= 11 is 4.21. The van der Waals surface area contributed by atoms with E-state index in [1.165, 1.54) is 13.3 Å². The maximum absolute atomic E-state index is 11.9. The van der Waals surface area contributed by atoms with Crippen LogP contribution in [-0.4, -0.2) is 36.3 Å². The minimum Gasteiger partial charge on any atom is -0.465 e. The molecule has 1 saturated heterocycles. The van der Waals surface area contributed by atoms with Crippen molar-refractivity contribution >= 4 is 30.2 Å². The molecule has 0 bridgehead atoms. The average molecular weight is 266 g/mol. The van der Waals surface area contributed by atoms with E-state index in [-0.39, 0.29) is 11.8 Å². The van der Waals surface area contributed by atoms with Crippen LogP contribution in [-0.2, 0) is 9.53 Å². The molecule has 0 N–H and O–H groups in total. The Bertz CT molecular complexity index is 478. The van der Waals surface area contributed by atoms with E-state index in [4.69, 9.17) is 4.74 Å². The third kappa shape index (κ3) is 2.33. The third-order valence-electron chi connectivity index (χ3n) is 2.96. The van der Waals surface area contributed by atoms with Crippen molar-refractivity contribution in [1.29, 1.82) is 0 Å². The minimum atomic E-state index is -0.486. The molecule has 1 amide bonds. The average Bonchev–Trinajstić information content (AvgIpc) is 2.79. The lowest BCUT2D eigenvalue weighted by Crippen LogP contribution is -2.27. The van der Waals surface area contributed by atoms with Crippen LogP contribution in [0.5, 0.6) is 0 Å². The lowest BCUT2D eigenvalue weighted by atomic mass is 10.1. The summed E-state index contributed by atoms with van der Waals surface area (Å²) in [6.45, 7) is 0.580. The van der Waals surface area contributed by atoms with Crippen LogP contribution in [0.1, 0.15) is 16.8 Å². The molecule has 0 aromatic carbocycles. The highest BCUT2D eigenvalue weighted by atomic mass is 32.1. The zero-order valence-corrected chi connectivity index (χ0v) is 10.9. The Morgan fingerprint density at radius 2 is 2.44 bits per heavy atom. The van der Waals surface area contributed by atoms with E-state index < -0.39 is 5.97 Å². The molecule has 0 aliphatic carbocycles. The Kier molecular flexibility index (Phi) is 3.86. The normalized spacial score (nSPS) is 19.1. The highest BCUT2D eigenvalue weighted by molar-refractivity contribution is 7.80. The summed E-state index contributed by atoms with van der Waals surface area (Å²) in [6, 6.07) is 1.66. The van der Waals surface area contributed by atoms with Gasteiger partial charge in [0.25, 0.3) is 0 Å². The Hall–Kier alpha value is -1.56. The maximum atomic E-state index is 11.9. The number of rotatable bonds is 3. The van der Waals surface area contributed by atoms with Gasteiger partial charge < -0.3 is 9.64 Å². The van der Waals surface area contributed by atoms with Gasteiger partial charge in [0, 0.05) is 25.4 Å². The van der Waals surface area contributed by atoms with Crippen molar-refractivity contribution < 1.29 is 14.3 Å². The van der Waals surface area contributed by atoms with Crippen LogP contribution >= 0.6 is 12.6 Å². The van der Waals surface area contributed by atoms with Crippen molar-refractivity contribution in [3.8, 4) is 0 Å². The number of esters is 1. The van der Waals surface area contributed by atoms with Gasteiger partial charge in [-0.2, -0.15) is 12.6 Å². The van der Waals surface area contributed by atoms with Gasteiger partial charge >= 0.3 is 5.97 Å². The highest BCUT2D eigenvalue weighted by Crippen LogP contribution is 2.28. The molecule has 1 aliphatic rings. The fourth-order valence-electron chi connectivity index (χ4n) is 2.03. The number of amides is 1. The first-order chi connectivity index (χ1) is 8.67. The van der Waals surface area contributed by atoms with Crippen LogP contribution in [0.25, 0.3) is 0 Å². The lowest BCUT2D eigenvalue weighted by Gasteiger charge is -2.18. The van der Waals surface area contributed by atoms with Crippen LogP contribution < -0.4 is 4.90 Å². The van der Waals surface area contributed by atoms with Gasteiger partial charge in [-0.3, -0.25) is 9.78 Å². The molecule has 1 fully saturated rings. The number of hydrogen-bond acceptors (Lipinski definition) is 5. The summed E-state index contributed by atoms with van der Waals surface area (Å²) in [5.74, 6) is 0.395. The van der Waals surface area contributed by atoms with Gasteiger partial charge in [-0.25, -0.2) is 4.79 Å². The first-order valence-electron chi connectivity index (χ1n) is 5.61. The first-order valence-corrected chi connectivity index (χ1v) is 6.24. The number of carbonyl (C=O) groups is 2. The van der Waals surface area contributed by atoms with Gasteiger partial charge in [-0.15, -0.1) is 0 Å². The van der Waals surface area contributed by atoms with Crippen LogP contribution in [0.15, 0.2) is 18.5 Å². The van der Waals surface area contributed by atoms with Gasteiger partial charge in [-0.1, -0.05) is 0 Å². The molecule has 2 rings (SSSR count). The highest BCUT2D eigenvalue weighted by Gasteiger charge is 2.32. The second-order valence-electron chi connectivity index (χ2n) is 4.14. The van der Waals surface area contributed by atoms with E-state index in [9.17, 15) is 9.59 Å².